The average molecular weight is 251 g/mol. The Morgan fingerprint density at radius 3 is 2.53 bits per heavy atom. The van der Waals surface area contributed by atoms with E-state index in [4.69, 9.17) is 5.73 Å². The summed E-state index contributed by atoms with van der Waals surface area (Å²) in [6, 6.07) is 12.5. The first-order valence-electron chi connectivity index (χ1n) is 6.45. The molecule has 3 aromatic rings. The molecule has 0 bridgehead atoms. The second-order valence-corrected chi connectivity index (χ2v) is 4.96. The van der Waals surface area contributed by atoms with Gasteiger partial charge in [-0.1, -0.05) is 30.3 Å². The van der Waals surface area contributed by atoms with Gasteiger partial charge in [-0.05, 0) is 31.0 Å². The number of nitrogens with zero attached hydrogens (tertiary/aromatic N) is 2. The Bertz CT molecular complexity index is 708. The highest BCUT2D eigenvalue weighted by Crippen LogP contribution is 2.22. The number of rotatable bonds is 2. The Balaban J connectivity index is 2.06. The maximum atomic E-state index is 5.86. The third kappa shape index (κ3) is 2.13. The van der Waals surface area contributed by atoms with Crippen LogP contribution in [0.5, 0.6) is 0 Å². The van der Waals surface area contributed by atoms with E-state index in [1.165, 1.54) is 5.56 Å². The maximum Gasteiger partial charge on any atom is 0.140 e. The molecule has 1 atom stereocenters. The van der Waals surface area contributed by atoms with Crippen LogP contribution in [0, 0.1) is 6.92 Å². The number of fused-ring (bicyclic) bond motifs is 1. The third-order valence-electron chi connectivity index (χ3n) is 3.41. The molecule has 0 fully saturated rings. The monoisotopic (exact) mass is 251 g/mol. The minimum Gasteiger partial charge on any atom is -0.324 e. The molecule has 0 aliphatic rings. The lowest BCUT2D eigenvalue weighted by molar-refractivity contribution is 0.818. The van der Waals surface area contributed by atoms with Crippen LogP contribution < -0.4 is 5.73 Å². The van der Waals surface area contributed by atoms with Crippen LogP contribution in [0.3, 0.4) is 0 Å². The normalized spacial score (nSPS) is 12.8. The van der Waals surface area contributed by atoms with E-state index >= 15 is 0 Å². The highest BCUT2D eigenvalue weighted by atomic mass is 15.0. The lowest BCUT2D eigenvalue weighted by Crippen LogP contribution is -2.04. The van der Waals surface area contributed by atoms with Crippen LogP contribution in [0.2, 0.25) is 0 Å². The lowest BCUT2D eigenvalue weighted by Gasteiger charge is -2.05. The van der Waals surface area contributed by atoms with Crippen LogP contribution in [0.25, 0.3) is 16.9 Å². The molecule has 0 amide bonds. The molecule has 2 heterocycles. The number of hydrogen-bond donors (Lipinski definition) is 1. The summed E-state index contributed by atoms with van der Waals surface area (Å²) >= 11 is 0. The number of imidazole rings is 1. The third-order valence-corrected chi connectivity index (χ3v) is 3.41. The number of nitrogens with two attached hydrogens (primary N) is 1. The van der Waals surface area contributed by atoms with E-state index in [-0.39, 0.29) is 6.04 Å². The van der Waals surface area contributed by atoms with Gasteiger partial charge in [0.2, 0.25) is 0 Å². The number of hydrogen-bond acceptors (Lipinski definition) is 2. The van der Waals surface area contributed by atoms with E-state index < -0.39 is 0 Å². The van der Waals surface area contributed by atoms with Crippen molar-refractivity contribution >= 4 is 5.65 Å². The first-order chi connectivity index (χ1) is 9.15. The molecule has 1 aromatic carbocycles. The standard InChI is InChI=1S/C16H17N3/c1-11-4-3-9-19-10-15(18-16(11)19)14-7-5-13(6-8-14)12(2)17/h3-10,12H,17H2,1-2H3. The fraction of sp³-hybridized carbons (Fsp3) is 0.188. The molecule has 3 rings (SSSR count). The van der Waals surface area contributed by atoms with E-state index in [0.717, 1.165) is 22.5 Å². The number of aryl methyl sites for hydroxylation is 1. The summed E-state index contributed by atoms with van der Waals surface area (Å²) in [5.41, 5.74) is 11.3. The average Bonchev–Trinajstić information content (AvgIpc) is 2.84. The molecule has 0 saturated heterocycles. The second-order valence-electron chi connectivity index (χ2n) is 4.96. The van der Waals surface area contributed by atoms with Gasteiger partial charge in [0.25, 0.3) is 0 Å². The van der Waals surface area contributed by atoms with Gasteiger partial charge in [-0.3, -0.25) is 0 Å². The Labute approximate surface area is 112 Å². The topological polar surface area (TPSA) is 43.3 Å². The summed E-state index contributed by atoms with van der Waals surface area (Å²) in [6.07, 6.45) is 4.08. The molecule has 96 valence electrons. The Kier molecular flexibility index (Phi) is 2.84. The zero-order valence-corrected chi connectivity index (χ0v) is 11.2. The smallest absolute Gasteiger partial charge is 0.140 e. The van der Waals surface area contributed by atoms with Crippen molar-refractivity contribution in [3.8, 4) is 11.3 Å². The molecule has 2 N–H and O–H groups in total. The van der Waals surface area contributed by atoms with Crippen LogP contribution in [-0.4, -0.2) is 9.38 Å². The van der Waals surface area contributed by atoms with Crippen LogP contribution in [0.1, 0.15) is 24.1 Å². The zero-order valence-electron chi connectivity index (χ0n) is 11.2. The van der Waals surface area contributed by atoms with Crippen LogP contribution in [0.15, 0.2) is 48.8 Å². The van der Waals surface area contributed by atoms with Crippen LogP contribution >= 0.6 is 0 Å². The van der Waals surface area contributed by atoms with Gasteiger partial charge in [0.05, 0.1) is 5.69 Å². The largest absolute Gasteiger partial charge is 0.324 e. The van der Waals surface area contributed by atoms with Crippen molar-refractivity contribution < 1.29 is 0 Å². The van der Waals surface area contributed by atoms with Crippen molar-refractivity contribution in [2.75, 3.05) is 0 Å². The van der Waals surface area contributed by atoms with Crippen molar-refractivity contribution in [2.24, 2.45) is 5.73 Å². The Morgan fingerprint density at radius 1 is 1.16 bits per heavy atom. The van der Waals surface area contributed by atoms with E-state index in [9.17, 15) is 0 Å². The number of pyridine rings is 1. The summed E-state index contributed by atoms with van der Waals surface area (Å²) in [7, 11) is 0. The number of aromatic nitrogens is 2. The van der Waals surface area contributed by atoms with Gasteiger partial charge in [-0.15, -0.1) is 0 Å². The van der Waals surface area contributed by atoms with E-state index in [0.29, 0.717) is 0 Å². The molecule has 0 aliphatic carbocycles. The van der Waals surface area contributed by atoms with Gasteiger partial charge >= 0.3 is 0 Å². The van der Waals surface area contributed by atoms with Crippen molar-refractivity contribution in [1.29, 1.82) is 0 Å². The summed E-state index contributed by atoms with van der Waals surface area (Å²) in [5.74, 6) is 0. The molecule has 3 nitrogen and oxygen atoms in total. The van der Waals surface area contributed by atoms with E-state index in [1.54, 1.807) is 0 Å². The summed E-state index contributed by atoms with van der Waals surface area (Å²) in [5, 5.41) is 0. The first kappa shape index (κ1) is 11.9. The Hall–Kier alpha value is -2.13. The summed E-state index contributed by atoms with van der Waals surface area (Å²) < 4.78 is 2.06. The maximum absolute atomic E-state index is 5.86. The molecule has 0 radical (unpaired) electrons. The predicted octanol–water partition coefficient (Wildman–Crippen LogP) is 3.33. The van der Waals surface area contributed by atoms with Gasteiger partial charge < -0.3 is 10.1 Å². The summed E-state index contributed by atoms with van der Waals surface area (Å²) in [4.78, 5) is 4.69. The van der Waals surface area contributed by atoms with Gasteiger partial charge in [-0.2, -0.15) is 0 Å². The molecule has 0 aliphatic heterocycles. The van der Waals surface area contributed by atoms with Gasteiger partial charge in [0.1, 0.15) is 5.65 Å². The highest BCUT2D eigenvalue weighted by Gasteiger charge is 2.06. The highest BCUT2D eigenvalue weighted by molar-refractivity contribution is 5.64. The molecule has 1 unspecified atom stereocenters. The van der Waals surface area contributed by atoms with Crippen LogP contribution in [0.4, 0.5) is 0 Å². The van der Waals surface area contributed by atoms with E-state index in [1.807, 2.05) is 19.2 Å². The molecular weight excluding hydrogens is 234 g/mol. The second kappa shape index (κ2) is 4.52. The first-order valence-corrected chi connectivity index (χ1v) is 6.45. The zero-order chi connectivity index (χ0) is 13.4. The van der Waals surface area contributed by atoms with Gasteiger partial charge in [0, 0.05) is 24.0 Å². The van der Waals surface area contributed by atoms with Crippen molar-refractivity contribution in [1.82, 2.24) is 9.38 Å². The molecule has 0 spiro atoms. The molecule has 2 aromatic heterocycles. The van der Waals surface area contributed by atoms with Gasteiger partial charge in [-0.25, -0.2) is 4.98 Å². The predicted molar refractivity (Wildman–Crippen MR) is 78.0 cm³/mol. The number of benzene rings is 1. The molecule has 3 heteroatoms. The summed E-state index contributed by atoms with van der Waals surface area (Å²) in [6.45, 7) is 4.06. The Morgan fingerprint density at radius 2 is 1.89 bits per heavy atom. The van der Waals surface area contributed by atoms with Crippen LogP contribution in [-0.2, 0) is 0 Å². The quantitative estimate of drug-likeness (QED) is 0.759. The fourth-order valence-electron chi connectivity index (χ4n) is 2.25. The van der Waals surface area contributed by atoms with Crippen molar-refractivity contribution in [3.63, 3.8) is 0 Å². The van der Waals surface area contributed by atoms with E-state index in [2.05, 4.69) is 52.8 Å². The SMILES string of the molecule is Cc1cccn2cc(-c3ccc(C(C)N)cc3)nc12. The fourth-order valence-corrected chi connectivity index (χ4v) is 2.25. The molecule has 19 heavy (non-hydrogen) atoms. The minimum absolute atomic E-state index is 0.0670. The van der Waals surface area contributed by atoms with Crippen molar-refractivity contribution in [2.45, 2.75) is 19.9 Å². The lowest BCUT2D eigenvalue weighted by atomic mass is 10.1. The van der Waals surface area contributed by atoms with Crippen molar-refractivity contribution in [3.05, 3.63) is 59.9 Å². The van der Waals surface area contributed by atoms with Gasteiger partial charge in [0.15, 0.2) is 0 Å². The molecule has 0 saturated carbocycles. The molecular formula is C16H17N3. The minimum atomic E-state index is 0.0670.